The van der Waals surface area contributed by atoms with Crippen molar-refractivity contribution in [1.29, 1.82) is 5.26 Å². The number of benzene rings is 1. The molecule has 1 saturated heterocycles. The van der Waals surface area contributed by atoms with Crippen molar-refractivity contribution >= 4 is 6.71 Å². The lowest BCUT2D eigenvalue weighted by atomic mass is 9.41. The summed E-state index contributed by atoms with van der Waals surface area (Å²) in [5, 5.41) is 8.85. The van der Waals surface area contributed by atoms with E-state index in [-0.39, 0.29) is 12.6 Å². The van der Waals surface area contributed by atoms with Gasteiger partial charge >= 0.3 is 0 Å². The molecule has 1 atom stereocenters. The van der Waals surface area contributed by atoms with Crippen molar-refractivity contribution in [3.63, 3.8) is 0 Å². The molecule has 4 heteroatoms. The van der Waals surface area contributed by atoms with E-state index in [1.807, 2.05) is 30.3 Å². The molecule has 0 amide bonds. The monoisotopic (exact) mass is 287 g/mol. The first-order valence-corrected chi connectivity index (χ1v) is 7.95. The van der Waals surface area contributed by atoms with E-state index in [4.69, 9.17) is 10.00 Å². The molecule has 0 aromatic heterocycles. The number of hydrogen-bond acceptors (Lipinski definition) is 2. The minimum absolute atomic E-state index is 0.155. The second-order valence-electron chi connectivity index (χ2n) is 5.94. The van der Waals surface area contributed by atoms with E-state index in [0.29, 0.717) is 19.6 Å². The number of rotatable bonds is 7. The van der Waals surface area contributed by atoms with Crippen LogP contribution in [0, 0.1) is 17.1 Å². The number of hydrogen-bond donors (Lipinski definition) is 0. The van der Waals surface area contributed by atoms with Gasteiger partial charge in [0.25, 0.3) is 6.71 Å². The summed E-state index contributed by atoms with van der Waals surface area (Å²) < 4.78 is 19.7. The van der Waals surface area contributed by atoms with E-state index in [2.05, 4.69) is 5.97 Å². The molecule has 1 aliphatic heterocycles. The van der Waals surface area contributed by atoms with Gasteiger partial charge in [-0.2, -0.15) is 0 Å². The van der Waals surface area contributed by atoms with Crippen LogP contribution in [0.2, 0.25) is 12.6 Å². The fraction of sp³-hybridized carbons (Fsp3) is 0.588. The molecule has 1 aliphatic rings. The van der Waals surface area contributed by atoms with Gasteiger partial charge in [-0.1, -0.05) is 55.8 Å². The van der Waals surface area contributed by atoms with Crippen LogP contribution < -0.4 is 0 Å². The van der Waals surface area contributed by atoms with E-state index in [0.717, 1.165) is 37.5 Å². The molecule has 1 heterocycles. The highest BCUT2D eigenvalue weighted by Gasteiger charge is 2.29. The molecular formula is C17H23BFNO. The van der Waals surface area contributed by atoms with Crippen LogP contribution in [0.3, 0.4) is 0 Å². The van der Waals surface area contributed by atoms with E-state index in [1.54, 1.807) is 0 Å². The number of nitriles is 1. The molecule has 2 nitrogen and oxygen atoms in total. The Morgan fingerprint density at radius 2 is 2.00 bits per heavy atom. The molecule has 0 bridgehead atoms. The zero-order valence-electron chi connectivity index (χ0n) is 12.5. The number of nitrogens with zero attached hydrogens (tertiary/aromatic N) is 1. The van der Waals surface area contributed by atoms with Crippen LogP contribution in [0.25, 0.3) is 0 Å². The van der Waals surface area contributed by atoms with Crippen LogP contribution in [0.1, 0.15) is 31.2 Å². The van der Waals surface area contributed by atoms with Gasteiger partial charge < -0.3 is 4.74 Å². The zero-order valence-corrected chi connectivity index (χ0v) is 12.5. The molecule has 0 aliphatic carbocycles. The molecule has 21 heavy (non-hydrogen) atoms. The predicted octanol–water partition coefficient (Wildman–Crippen LogP) is 4.29. The highest BCUT2D eigenvalue weighted by atomic mass is 19.1. The molecule has 1 aromatic rings. The van der Waals surface area contributed by atoms with Gasteiger partial charge in [0.1, 0.15) is 6.17 Å². The summed E-state index contributed by atoms with van der Waals surface area (Å²) in [6, 6.07) is 10.0. The molecular weight excluding hydrogens is 264 g/mol. The van der Waals surface area contributed by atoms with Gasteiger partial charge in [-0.3, -0.25) is 0 Å². The maximum atomic E-state index is 14.1. The minimum Gasteiger partial charge on any atom is -0.377 e. The highest BCUT2D eigenvalue weighted by Crippen LogP contribution is 2.30. The standard InChI is InChI=1S/C17H23BFNO/c19-17(16-8-10-18(14-20)11-9-16)7-4-12-21-13-15-5-2-1-3-6-15/h1-3,5-6,16-17H,4,7-13H2. The van der Waals surface area contributed by atoms with Crippen LogP contribution in [0.15, 0.2) is 30.3 Å². The van der Waals surface area contributed by atoms with Gasteiger partial charge in [0, 0.05) is 12.6 Å². The zero-order chi connectivity index (χ0) is 14.9. The largest absolute Gasteiger partial charge is 0.377 e. The first kappa shape index (κ1) is 16.0. The Morgan fingerprint density at radius 3 is 2.67 bits per heavy atom. The second-order valence-corrected chi connectivity index (χ2v) is 5.94. The smallest absolute Gasteiger partial charge is 0.267 e. The molecule has 2 rings (SSSR count). The fourth-order valence-electron chi connectivity index (χ4n) is 2.99. The Balaban J connectivity index is 1.55. The van der Waals surface area contributed by atoms with Gasteiger partial charge in [0.2, 0.25) is 0 Å². The summed E-state index contributed by atoms with van der Waals surface area (Å²) in [7, 11) is 0. The lowest BCUT2D eigenvalue weighted by molar-refractivity contribution is 0.103. The third-order valence-corrected chi connectivity index (χ3v) is 4.35. The molecule has 0 N–H and O–H groups in total. The lowest BCUT2D eigenvalue weighted by Crippen LogP contribution is -2.26. The van der Waals surface area contributed by atoms with Crippen LogP contribution in [-0.2, 0) is 11.3 Å². The molecule has 0 spiro atoms. The number of alkyl halides is 1. The van der Waals surface area contributed by atoms with Gasteiger partial charge in [0.15, 0.2) is 0 Å². The number of halogens is 1. The Hall–Kier alpha value is -1.34. The van der Waals surface area contributed by atoms with Crippen molar-refractivity contribution in [2.45, 2.75) is 51.1 Å². The van der Waals surface area contributed by atoms with Gasteiger partial charge in [-0.05, 0) is 24.3 Å². The fourth-order valence-corrected chi connectivity index (χ4v) is 2.99. The average Bonchev–Trinajstić information content (AvgIpc) is 2.55. The van der Waals surface area contributed by atoms with Crippen molar-refractivity contribution in [3.8, 4) is 5.97 Å². The Bertz CT molecular complexity index is 440. The normalized spacial score (nSPS) is 17.4. The maximum absolute atomic E-state index is 14.1. The maximum Gasteiger partial charge on any atom is 0.267 e. The molecule has 0 saturated carbocycles. The topological polar surface area (TPSA) is 33.0 Å². The first-order chi connectivity index (χ1) is 10.3. The van der Waals surface area contributed by atoms with Crippen molar-refractivity contribution in [1.82, 2.24) is 0 Å². The Morgan fingerprint density at radius 1 is 1.29 bits per heavy atom. The van der Waals surface area contributed by atoms with Crippen LogP contribution in [0.5, 0.6) is 0 Å². The minimum atomic E-state index is -0.732. The van der Waals surface area contributed by atoms with E-state index < -0.39 is 6.17 Å². The second kappa shape index (κ2) is 8.84. The average molecular weight is 287 g/mol. The highest BCUT2D eigenvalue weighted by molar-refractivity contribution is 6.67. The van der Waals surface area contributed by atoms with Gasteiger partial charge in [0.05, 0.1) is 6.61 Å². The Kier molecular flexibility index (Phi) is 6.76. The van der Waals surface area contributed by atoms with Crippen LogP contribution >= 0.6 is 0 Å². The van der Waals surface area contributed by atoms with Crippen molar-refractivity contribution in [2.24, 2.45) is 5.92 Å². The van der Waals surface area contributed by atoms with Crippen LogP contribution in [0.4, 0.5) is 4.39 Å². The third-order valence-electron chi connectivity index (χ3n) is 4.35. The van der Waals surface area contributed by atoms with Crippen molar-refractivity contribution in [3.05, 3.63) is 35.9 Å². The summed E-state index contributed by atoms with van der Waals surface area (Å²) in [6.07, 6.45) is 4.08. The SMILES string of the molecule is N#CB1CCC(C(F)CCCOCc2ccccc2)CC1. The molecule has 1 fully saturated rings. The third kappa shape index (κ3) is 5.51. The van der Waals surface area contributed by atoms with Gasteiger partial charge in [-0.15, -0.1) is 0 Å². The van der Waals surface area contributed by atoms with E-state index >= 15 is 0 Å². The van der Waals surface area contributed by atoms with Crippen molar-refractivity contribution in [2.75, 3.05) is 6.61 Å². The van der Waals surface area contributed by atoms with E-state index in [9.17, 15) is 4.39 Å². The predicted molar refractivity (Wildman–Crippen MR) is 83.9 cm³/mol. The summed E-state index contributed by atoms with van der Waals surface area (Å²) in [5.74, 6) is 2.45. The molecule has 0 radical (unpaired) electrons. The quantitative estimate of drug-likeness (QED) is 0.553. The summed E-state index contributed by atoms with van der Waals surface area (Å²) in [4.78, 5) is 0. The summed E-state index contributed by atoms with van der Waals surface area (Å²) in [6.45, 7) is 1.37. The van der Waals surface area contributed by atoms with Crippen LogP contribution in [-0.4, -0.2) is 19.5 Å². The van der Waals surface area contributed by atoms with E-state index in [1.165, 1.54) is 0 Å². The Labute approximate surface area is 127 Å². The van der Waals surface area contributed by atoms with Gasteiger partial charge in [-0.25, -0.2) is 9.65 Å². The summed E-state index contributed by atoms with van der Waals surface area (Å²) >= 11 is 0. The first-order valence-electron chi connectivity index (χ1n) is 7.95. The lowest BCUT2D eigenvalue weighted by Gasteiger charge is -2.26. The van der Waals surface area contributed by atoms with Crippen molar-refractivity contribution < 1.29 is 9.13 Å². The molecule has 1 aromatic carbocycles. The molecule has 1 unspecified atom stereocenters. The molecule has 112 valence electrons. The summed E-state index contributed by atoms with van der Waals surface area (Å²) in [5.41, 5.74) is 1.16. The number of ether oxygens (including phenoxy) is 1.